The van der Waals surface area contributed by atoms with Crippen molar-refractivity contribution in [3.8, 4) is 0 Å². The second-order valence-corrected chi connectivity index (χ2v) is 8.67. The lowest BCUT2D eigenvalue weighted by Gasteiger charge is -2.25. The van der Waals surface area contributed by atoms with Gasteiger partial charge in [0.2, 0.25) is 5.91 Å². The third kappa shape index (κ3) is 12.6. The molecule has 2 amide bonds. The highest BCUT2D eigenvalue weighted by Crippen LogP contribution is 2.15. The zero-order valence-corrected chi connectivity index (χ0v) is 17.2. The highest BCUT2D eigenvalue weighted by atomic mass is 16.6. The van der Waals surface area contributed by atoms with Crippen LogP contribution in [0.2, 0.25) is 0 Å². The standard InChI is InChI=1S/C19H36N2O5/c1-12(2)8-14(10-16(22)23)11-20-17(24)15(9-13(3)4)21-18(25)26-19(5,6)7/h12-15H,8-11H2,1-7H3,(H,20,24)(H,21,25)(H,22,23)/t14-,15-/m0/s1. The molecule has 0 heterocycles. The van der Waals surface area contributed by atoms with Crippen LogP contribution in [-0.4, -0.2) is 41.3 Å². The van der Waals surface area contributed by atoms with Crippen LogP contribution in [0.1, 0.15) is 67.7 Å². The van der Waals surface area contributed by atoms with Gasteiger partial charge in [0.25, 0.3) is 0 Å². The van der Waals surface area contributed by atoms with Crippen LogP contribution < -0.4 is 10.6 Å². The molecule has 2 atom stereocenters. The molecule has 0 aliphatic heterocycles. The third-order valence-electron chi connectivity index (χ3n) is 3.55. The van der Waals surface area contributed by atoms with E-state index in [4.69, 9.17) is 9.84 Å². The zero-order valence-electron chi connectivity index (χ0n) is 17.2. The van der Waals surface area contributed by atoms with Gasteiger partial charge in [-0.1, -0.05) is 27.7 Å². The minimum atomic E-state index is -0.879. The Morgan fingerprint density at radius 1 is 1.00 bits per heavy atom. The van der Waals surface area contributed by atoms with Gasteiger partial charge in [0.15, 0.2) is 0 Å². The number of rotatable bonds is 10. The lowest BCUT2D eigenvalue weighted by molar-refractivity contribution is -0.138. The van der Waals surface area contributed by atoms with Crippen LogP contribution in [0, 0.1) is 17.8 Å². The molecule has 0 aromatic carbocycles. The van der Waals surface area contributed by atoms with Crippen molar-refractivity contribution in [1.82, 2.24) is 10.6 Å². The molecule has 0 spiro atoms. The van der Waals surface area contributed by atoms with Crippen molar-refractivity contribution in [3.05, 3.63) is 0 Å². The quantitative estimate of drug-likeness (QED) is 0.546. The van der Waals surface area contributed by atoms with Gasteiger partial charge in [0.1, 0.15) is 11.6 Å². The lowest BCUT2D eigenvalue weighted by atomic mass is 9.94. The predicted molar refractivity (Wildman–Crippen MR) is 101 cm³/mol. The van der Waals surface area contributed by atoms with Crippen molar-refractivity contribution in [2.24, 2.45) is 17.8 Å². The number of carbonyl (C=O) groups excluding carboxylic acids is 2. The van der Waals surface area contributed by atoms with E-state index in [1.165, 1.54) is 0 Å². The molecule has 152 valence electrons. The summed E-state index contributed by atoms with van der Waals surface area (Å²) < 4.78 is 5.22. The summed E-state index contributed by atoms with van der Waals surface area (Å²) in [4.78, 5) is 35.5. The van der Waals surface area contributed by atoms with Crippen molar-refractivity contribution in [2.75, 3.05) is 6.54 Å². The number of nitrogens with one attached hydrogen (secondary N) is 2. The molecule has 0 bridgehead atoms. The Morgan fingerprint density at radius 3 is 1.96 bits per heavy atom. The van der Waals surface area contributed by atoms with Gasteiger partial charge in [0.05, 0.1) is 0 Å². The molecule has 0 aliphatic carbocycles. The highest BCUT2D eigenvalue weighted by molar-refractivity contribution is 5.85. The first-order valence-corrected chi connectivity index (χ1v) is 9.29. The van der Waals surface area contributed by atoms with E-state index in [0.717, 1.165) is 0 Å². The van der Waals surface area contributed by atoms with Gasteiger partial charge in [0, 0.05) is 13.0 Å². The molecule has 0 saturated carbocycles. The maximum atomic E-state index is 12.5. The minimum Gasteiger partial charge on any atom is -0.481 e. The largest absolute Gasteiger partial charge is 0.481 e. The average Bonchev–Trinajstić information content (AvgIpc) is 2.39. The molecule has 7 heteroatoms. The number of ether oxygens (including phenoxy) is 1. The van der Waals surface area contributed by atoms with Crippen LogP contribution in [0.25, 0.3) is 0 Å². The van der Waals surface area contributed by atoms with Crippen molar-refractivity contribution in [1.29, 1.82) is 0 Å². The molecule has 0 aromatic rings. The van der Waals surface area contributed by atoms with Crippen LogP contribution in [0.15, 0.2) is 0 Å². The maximum Gasteiger partial charge on any atom is 0.408 e. The van der Waals surface area contributed by atoms with Gasteiger partial charge in [-0.25, -0.2) is 4.79 Å². The molecule has 26 heavy (non-hydrogen) atoms. The molecule has 0 fully saturated rings. The van der Waals surface area contributed by atoms with E-state index in [-0.39, 0.29) is 30.7 Å². The van der Waals surface area contributed by atoms with Gasteiger partial charge in [-0.05, 0) is 51.4 Å². The number of hydrogen-bond acceptors (Lipinski definition) is 4. The Hall–Kier alpha value is -1.79. The van der Waals surface area contributed by atoms with E-state index in [1.807, 2.05) is 27.7 Å². The SMILES string of the molecule is CC(C)C[C@H](CNC(=O)[C@H](CC(C)C)NC(=O)OC(C)(C)C)CC(=O)O. The molecule has 0 unspecified atom stereocenters. The van der Waals surface area contributed by atoms with Crippen molar-refractivity contribution >= 4 is 18.0 Å². The fraction of sp³-hybridized carbons (Fsp3) is 0.842. The number of carbonyl (C=O) groups is 3. The predicted octanol–water partition coefficient (Wildman–Crippen LogP) is 3.18. The summed E-state index contributed by atoms with van der Waals surface area (Å²) in [5, 5.41) is 14.4. The first-order chi connectivity index (χ1) is 11.8. The van der Waals surface area contributed by atoms with Crippen LogP contribution in [0.3, 0.4) is 0 Å². The minimum absolute atomic E-state index is 0.00675. The lowest BCUT2D eigenvalue weighted by Crippen LogP contribution is -2.49. The van der Waals surface area contributed by atoms with E-state index in [9.17, 15) is 14.4 Å². The van der Waals surface area contributed by atoms with Gasteiger partial charge < -0.3 is 20.5 Å². The fourth-order valence-corrected chi connectivity index (χ4v) is 2.67. The first kappa shape index (κ1) is 24.2. The van der Waals surface area contributed by atoms with E-state index in [0.29, 0.717) is 18.8 Å². The first-order valence-electron chi connectivity index (χ1n) is 9.29. The normalized spacial score (nSPS) is 14.0. The third-order valence-corrected chi connectivity index (χ3v) is 3.55. The summed E-state index contributed by atoms with van der Waals surface area (Å²) in [6.45, 7) is 13.5. The second kappa shape index (κ2) is 11.0. The van der Waals surface area contributed by atoms with Crippen LogP contribution >= 0.6 is 0 Å². The van der Waals surface area contributed by atoms with Gasteiger partial charge in [-0.3, -0.25) is 9.59 Å². The van der Waals surface area contributed by atoms with Crippen molar-refractivity contribution in [2.45, 2.75) is 79.4 Å². The summed E-state index contributed by atoms with van der Waals surface area (Å²) in [6.07, 6.45) is 0.551. The summed E-state index contributed by atoms with van der Waals surface area (Å²) in [5.41, 5.74) is -0.646. The van der Waals surface area contributed by atoms with Crippen LogP contribution in [-0.2, 0) is 14.3 Å². The maximum absolute atomic E-state index is 12.5. The van der Waals surface area contributed by atoms with E-state index >= 15 is 0 Å². The van der Waals surface area contributed by atoms with Crippen molar-refractivity contribution in [3.63, 3.8) is 0 Å². The Labute approximate surface area is 157 Å². The van der Waals surface area contributed by atoms with Gasteiger partial charge in [-0.15, -0.1) is 0 Å². The monoisotopic (exact) mass is 372 g/mol. The van der Waals surface area contributed by atoms with Gasteiger partial charge >= 0.3 is 12.1 Å². The number of carboxylic acid groups (broad SMARTS) is 1. The molecular formula is C19H36N2O5. The van der Waals surface area contributed by atoms with E-state index in [1.54, 1.807) is 20.8 Å². The number of amides is 2. The Bertz CT molecular complexity index is 469. The Kier molecular flexibility index (Phi) is 10.3. The molecule has 3 N–H and O–H groups in total. The van der Waals surface area contributed by atoms with Gasteiger partial charge in [-0.2, -0.15) is 0 Å². The van der Waals surface area contributed by atoms with Crippen LogP contribution in [0.5, 0.6) is 0 Å². The smallest absolute Gasteiger partial charge is 0.408 e. The van der Waals surface area contributed by atoms with E-state index < -0.39 is 23.7 Å². The Morgan fingerprint density at radius 2 is 1.54 bits per heavy atom. The number of carboxylic acids is 1. The summed E-state index contributed by atoms with van der Waals surface area (Å²) in [7, 11) is 0. The molecule has 0 saturated heterocycles. The molecule has 0 aliphatic rings. The number of aliphatic carboxylic acids is 1. The number of hydrogen-bond donors (Lipinski definition) is 3. The summed E-state index contributed by atoms with van der Waals surface area (Å²) in [6, 6.07) is -0.714. The molecule has 7 nitrogen and oxygen atoms in total. The molecule has 0 radical (unpaired) electrons. The Balaban J connectivity index is 4.84. The molecule has 0 rings (SSSR count). The fourth-order valence-electron chi connectivity index (χ4n) is 2.67. The molecular weight excluding hydrogens is 336 g/mol. The molecule has 0 aromatic heterocycles. The van der Waals surface area contributed by atoms with E-state index in [2.05, 4.69) is 10.6 Å². The second-order valence-electron chi connectivity index (χ2n) is 8.67. The summed E-state index contributed by atoms with van der Waals surface area (Å²) >= 11 is 0. The van der Waals surface area contributed by atoms with Crippen molar-refractivity contribution < 1.29 is 24.2 Å². The van der Waals surface area contributed by atoms with Crippen LogP contribution in [0.4, 0.5) is 4.79 Å². The zero-order chi connectivity index (χ0) is 20.5. The highest BCUT2D eigenvalue weighted by Gasteiger charge is 2.26. The summed E-state index contributed by atoms with van der Waals surface area (Å²) in [5.74, 6) is -0.800. The number of alkyl carbamates (subject to hydrolysis) is 1. The topological polar surface area (TPSA) is 105 Å². The average molecular weight is 373 g/mol.